The third-order valence-corrected chi connectivity index (χ3v) is 5.71. The number of nitrogens with zero attached hydrogens (tertiary/aromatic N) is 5. The summed E-state index contributed by atoms with van der Waals surface area (Å²) in [6.45, 7) is 6.83. The van der Waals surface area contributed by atoms with Gasteiger partial charge in [0.1, 0.15) is 18.3 Å². The molecule has 1 aliphatic rings. The summed E-state index contributed by atoms with van der Waals surface area (Å²) in [5.74, 6) is -0.811. The number of fused-ring (bicyclic) bond motifs is 1. The summed E-state index contributed by atoms with van der Waals surface area (Å²) in [7, 11) is 0. The van der Waals surface area contributed by atoms with Crippen molar-refractivity contribution in [2.45, 2.75) is 40.2 Å². The quantitative estimate of drug-likeness (QED) is 0.566. The number of aryl methyl sites for hydroxylation is 2. The zero-order chi connectivity index (χ0) is 22.8. The van der Waals surface area contributed by atoms with E-state index < -0.39 is 0 Å². The molecule has 0 aliphatic carbocycles. The molecule has 0 N–H and O–H groups in total. The molecule has 3 aromatic rings. The molecule has 1 aliphatic heterocycles. The Bertz CT molecular complexity index is 1210. The molecule has 168 valence electrons. The van der Waals surface area contributed by atoms with E-state index in [-0.39, 0.29) is 29.9 Å². The number of aromatic nitrogens is 4. The molecular weight excluding hydrogens is 410 g/mol. The molecule has 4 rings (SSSR count). The van der Waals surface area contributed by atoms with E-state index in [1.165, 1.54) is 17.1 Å². The number of carbonyl (C=O) groups excluding carboxylic acids is 2. The minimum Gasteiger partial charge on any atom is -0.466 e. The van der Waals surface area contributed by atoms with E-state index in [4.69, 9.17) is 4.74 Å². The molecule has 9 nitrogen and oxygen atoms in total. The molecule has 9 heteroatoms. The smallest absolute Gasteiger partial charge is 0.310 e. The maximum Gasteiger partial charge on any atom is 0.310 e. The Balaban J connectivity index is 1.55. The highest BCUT2D eigenvalue weighted by Crippen LogP contribution is 2.19. The van der Waals surface area contributed by atoms with Gasteiger partial charge in [0, 0.05) is 13.1 Å². The van der Waals surface area contributed by atoms with Crippen molar-refractivity contribution in [1.82, 2.24) is 24.2 Å². The van der Waals surface area contributed by atoms with Crippen molar-refractivity contribution in [3.8, 4) is 5.69 Å². The third-order valence-electron chi connectivity index (χ3n) is 5.71. The van der Waals surface area contributed by atoms with Crippen molar-refractivity contribution >= 4 is 22.9 Å². The van der Waals surface area contributed by atoms with Crippen LogP contribution in [0.1, 0.15) is 30.9 Å². The topological polar surface area (TPSA) is 99.3 Å². The monoisotopic (exact) mass is 437 g/mol. The molecule has 1 fully saturated rings. The van der Waals surface area contributed by atoms with E-state index in [1.54, 1.807) is 16.5 Å². The zero-order valence-electron chi connectivity index (χ0n) is 18.6. The van der Waals surface area contributed by atoms with Crippen molar-refractivity contribution in [2.75, 3.05) is 19.7 Å². The summed E-state index contributed by atoms with van der Waals surface area (Å²) in [4.78, 5) is 44.0. The van der Waals surface area contributed by atoms with Gasteiger partial charge in [0.15, 0.2) is 5.65 Å². The SMILES string of the molecule is CCOC(=O)C1CCCN(C(=O)Cn2cnc3c(cnn3-c3cc(C)cc(C)c3)c2=O)C1. The highest BCUT2D eigenvalue weighted by atomic mass is 16.5. The maximum absolute atomic E-state index is 13.0. The average Bonchev–Trinajstić information content (AvgIpc) is 3.20. The van der Waals surface area contributed by atoms with Crippen LogP contribution in [-0.4, -0.2) is 55.8 Å². The lowest BCUT2D eigenvalue weighted by atomic mass is 9.98. The van der Waals surface area contributed by atoms with Crippen LogP contribution in [0.5, 0.6) is 0 Å². The molecule has 0 spiro atoms. The minimum atomic E-state index is -0.321. The number of likely N-dealkylation sites (tertiary alicyclic amines) is 1. The normalized spacial score (nSPS) is 16.3. The lowest BCUT2D eigenvalue weighted by molar-refractivity contribution is -0.151. The summed E-state index contributed by atoms with van der Waals surface area (Å²) in [6, 6.07) is 6.02. The average molecular weight is 438 g/mol. The first kappa shape index (κ1) is 21.7. The third kappa shape index (κ3) is 4.28. The van der Waals surface area contributed by atoms with Crippen molar-refractivity contribution < 1.29 is 14.3 Å². The molecule has 1 unspecified atom stereocenters. The second kappa shape index (κ2) is 8.94. The van der Waals surface area contributed by atoms with Crippen molar-refractivity contribution in [1.29, 1.82) is 0 Å². The Morgan fingerprint density at radius 1 is 1.19 bits per heavy atom. The fourth-order valence-electron chi connectivity index (χ4n) is 4.23. The Labute approximate surface area is 185 Å². The van der Waals surface area contributed by atoms with Crippen molar-refractivity contribution in [3.05, 3.63) is 52.2 Å². The van der Waals surface area contributed by atoms with Crippen LogP contribution >= 0.6 is 0 Å². The number of hydrogen-bond acceptors (Lipinski definition) is 6. The lowest BCUT2D eigenvalue weighted by Gasteiger charge is -2.31. The van der Waals surface area contributed by atoms with Crippen LogP contribution in [-0.2, 0) is 20.9 Å². The van der Waals surface area contributed by atoms with Crippen LogP contribution in [0.4, 0.5) is 0 Å². The molecule has 3 heterocycles. The molecule has 0 saturated carbocycles. The predicted octanol–water partition coefficient (Wildman–Crippen LogP) is 2.00. The van der Waals surface area contributed by atoms with Gasteiger partial charge in [-0.05, 0) is 56.9 Å². The highest BCUT2D eigenvalue weighted by Gasteiger charge is 2.29. The summed E-state index contributed by atoms with van der Waals surface area (Å²) in [6.07, 6.45) is 4.30. The number of piperidine rings is 1. The van der Waals surface area contributed by atoms with Crippen LogP contribution in [0.2, 0.25) is 0 Å². The largest absolute Gasteiger partial charge is 0.466 e. The number of amides is 1. The van der Waals surface area contributed by atoms with Crippen LogP contribution in [0, 0.1) is 19.8 Å². The summed E-state index contributed by atoms with van der Waals surface area (Å²) < 4.78 is 8.03. The van der Waals surface area contributed by atoms with Gasteiger partial charge in [0.05, 0.1) is 24.4 Å². The first-order valence-corrected chi connectivity index (χ1v) is 10.8. The van der Waals surface area contributed by atoms with Crippen LogP contribution in [0.15, 0.2) is 35.5 Å². The summed E-state index contributed by atoms with van der Waals surface area (Å²) in [5, 5.41) is 4.71. The predicted molar refractivity (Wildman–Crippen MR) is 119 cm³/mol. The second-order valence-electron chi connectivity index (χ2n) is 8.25. The number of rotatable bonds is 5. The summed E-state index contributed by atoms with van der Waals surface area (Å²) in [5.41, 5.74) is 3.13. The first-order valence-electron chi connectivity index (χ1n) is 10.8. The van der Waals surface area contributed by atoms with Gasteiger partial charge in [0.25, 0.3) is 5.56 Å². The van der Waals surface area contributed by atoms with Gasteiger partial charge in [-0.15, -0.1) is 0 Å². The summed E-state index contributed by atoms with van der Waals surface area (Å²) >= 11 is 0. The standard InChI is InChI=1S/C23H27N5O4/c1-4-32-23(31)17-6-5-7-26(12-17)20(29)13-27-14-24-21-19(22(27)30)11-25-28(21)18-9-15(2)8-16(3)10-18/h8-11,14,17H,4-7,12-13H2,1-3H3. The second-order valence-corrected chi connectivity index (χ2v) is 8.25. The first-order chi connectivity index (χ1) is 15.4. The molecule has 1 amide bonds. The van der Waals surface area contributed by atoms with Gasteiger partial charge in [0.2, 0.25) is 5.91 Å². The Hall–Kier alpha value is -3.49. The molecule has 0 bridgehead atoms. The highest BCUT2D eigenvalue weighted by molar-refractivity contribution is 5.79. The molecule has 0 radical (unpaired) electrons. The molecular formula is C23H27N5O4. The van der Waals surface area contributed by atoms with Gasteiger partial charge in [-0.2, -0.15) is 5.10 Å². The van der Waals surface area contributed by atoms with Gasteiger partial charge < -0.3 is 9.64 Å². The molecule has 1 saturated heterocycles. The van der Waals surface area contributed by atoms with Crippen LogP contribution < -0.4 is 5.56 Å². The molecule has 2 aromatic heterocycles. The number of carbonyl (C=O) groups is 2. The molecule has 1 aromatic carbocycles. The maximum atomic E-state index is 13.0. The van der Waals surface area contributed by atoms with E-state index in [2.05, 4.69) is 16.1 Å². The van der Waals surface area contributed by atoms with Crippen molar-refractivity contribution in [3.63, 3.8) is 0 Å². The van der Waals surface area contributed by atoms with E-state index in [0.717, 1.165) is 23.2 Å². The van der Waals surface area contributed by atoms with Gasteiger partial charge in [-0.25, -0.2) is 9.67 Å². The Morgan fingerprint density at radius 3 is 2.66 bits per heavy atom. The number of ether oxygens (including phenoxy) is 1. The number of benzene rings is 1. The Morgan fingerprint density at radius 2 is 1.94 bits per heavy atom. The van der Waals surface area contributed by atoms with Crippen LogP contribution in [0.25, 0.3) is 16.7 Å². The van der Waals surface area contributed by atoms with E-state index in [0.29, 0.717) is 37.2 Å². The van der Waals surface area contributed by atoms with E-state index in [9.17, 15) is 14.4 Å². The lowest BCUT2D eigenvalue weighted by Crippen LogP contribution is -2.45. The zero-order valence-corrected chi connectivity index (χ0v) is 18.6. The van der Waals surface area contributed by atoms with Gasteiger partial charge in [-0.1, -0.05) is 6.07 Å². The van der Waals surface area contributed by atoms with Crippen molar-refractivity contribution in [2.24, 2.45) is 5.92 Å². The Kier molecular flexibility index (Phi) is 6.07. The minimum absolute atomic E-state index is 0.133. The molecule has 32 heavy (non-hydrogen) atoms. The fraction of sp³-hybridized carbons (Fsp3) is 0.435. The van der Waals surface area contributed by atoms with Crippen LogP contribution in [0.3, 0.4) is 0 Å². The van der Waals surface area contributed by atoms with Gasteiger partial charge in [-0.3, -0.25) is 19.0 Å². The number of hydrogen-bond donors (Lipinski definition) is 0. The fourth-order valence-corrected chi connectivity index (χ4v) is 4.23. The number of esters is 1. The molecule has 1 atom stereocenters. The van der Waals surface area contributed by atoms with E-state index >= 15 is 0 Å². The van der Waals surface area contributed by atoms with Gasteiger partial charge >= 0.3 is 5.97 Å². The van der Waals surface area contributed by atoms with E-state index in [1.807, 2.05) is 26.0 Å².